The van der Waals surface area contributed by atoms with Crippen molar-refractivity contribution in [2.24, 2.45) is 0 Å². The van der Waals surface area contributed by atoms with Crippen LogP contribution in [0.15, 0.2) is 12.1 Å². The van der Waals surface area contributed by atoms with Crippen LogP contribution in [0.25, 0.3) is 0 Å². The van der Waals surface area contributed by atoms with Crippen LogP contribution in [0.4, 0.5) is 10.1 Å². The van der Waals surface area contributed by atoms with E-state index in [9.17, 15) is 9.18 Å². The first-order chi connectivity index (χ1) is 6.18. The molecule has 1 aliphatic heterocycles. The number of benzene rings is 1. The minimum Gasteiger partial charge on any atom is -0.384 e. The van der Waals surface area contributed by atoms with Gasteiger partial charge in [0, 0.05) is 12.2 Å². The average molecular weight is 179 g/mol. The largest absolute Gasteiger partial charge is 0.384 e. The minimum absolute atomic E-state index is 0.174. The van der Waals surface area contributed by atoms with Gasteiger partial charge in [0.25, 0.3) is 0 Å². The lowest BCUT2D eigenvalue weighted by atomic mass is 10.1. The molecule has 0 amide bonds. The van der Waals surface area contributed by atoms with Crippen LogP contribution in [0.3, 0.4) is 0 Å². The summed E-state index contributed by atoms with van der Waals surface area (Å²) in [5, 5.41) is 3.10. The lowest BCUT2D eigenvalue weighted by Crippen LogP contribution is -1.98. The molecule has 0 fully saturated rings. The minimum atomic E-state index is -0.407. The van der Waals surface area contributed by atoms with Crippen molar-refractivity contribution in [2.45, 2.75) is 13.3 Å². The van der Waals surface area contributed by atoms with E-state index >= 15 is 0 Å². The third kappa shape index (κ3) is 1.30. The standard InChI is InChI=1S/C10H10FNO/c1-6(13)8-5-10-7(2-3-12-10)4-9(8)11/h4-5,12H,2-3H2,1H3. The summed E-state index contributed by atoms with van der Waals surface area (Å²) in [5.74, 6) is -0.635. The molecule has 0 aromatic heterocycles. The molecule has 2 rings (SSSR count). The first-order valence-corrected chi connectivity index (χ1v) is 4.25. The number of fused-ring (bicyclic) bond motifs is 1. The van der Waals surface area contributed by atoms with Crippen molar-refractivity contribution in [3.05, 3.63) is 29.1 Å². The highest BCUT2D eigenvalue weighted by molar-refractivity contribution is 5.95. The van der Waals surface area contributed by atoms with Crippen LogP contribution in [0.1, 0.15) is 22.8 Å². The Kier molecular flexibility index (Phi) is 1.79. The van der Waals surface area contributed by atoms with Gasteiger partial charge in [-0.25, -0.2) is 4.39 Å². The zero-order valence-corrected chi connectivity index (χ0v) is 7.36. The Morgan fingerprint density at radius 1 is 1.54 bits per heavy atom. The summed E-state index contributed by atoms with van der Waals surface area (Å²) in [4.78, 5) is 11.0. The van der Waals surface area contributed by atoms with E-state index in [0.29, 0.717) is 0 Å². The number of rotatable bonds is 1. The molecule has 0 unspecified atom stereocenters. The number of carbonyl (C=O) groups is 1. The number of anilines is 1. The average Bonchev–Trinajstić information content (AvgIpc) is 2.48. The third-order valence-corrected chi connectivity index (χ3v) is 2.28. The summed E-state index contributed by atoms with van der Waals surface area (Å²) in [6.07, 6.45) is 0.838. The first kappa shape index (κ1) is 8.23. The van der Waals surface area contributed by atoms with Crippen molar-refractivity contribution in [1.29, 1.82) is 0 Å². The van der Waals surface area contributed by atoms with E-state index in [1.165, 1.54) is 13.0 Å². The van der Waals surface area contributed by atoms with E-state index in [0.717, 1.165) is 24.2 Å². The molecule has 3 heteroatoms. The quantitative estimate of drug-likeness (QED) is 0.668. The van der Waals surface area contributed by atoms with E-state index in [2.05, 4.69) is 5.32 Å². The topological polar surface area (TPSA) is 29.1 Å². The number of ketones is 1. The second kappa shape index (κ2) is 2.83. The second-order valence-electron chi connectivity index (χ2n) is 3.22. The summed E-state index contributed by atoms with van der Waals surface area (Å²) in [6, 6.07) is 3.05. The summed E-state index contributed by atoms with van der Waals surface area (Å²) in [5.41, 5.74) is 2.03. The summed E-state index contributed by atoms with van der Waals surface area (Å²) >= 11 is 0. The molecule has 1 aromatic carbocycles. The van der Waals surface area contributed by atoms with Gasteiger partial charge in [-0.1, -0.05) is 0 Å². The number of halogens is 1. The maximum absolute atomic E-state index is 13.2. The van der Waals surface area contributed by atoms with E-state index in [1.54, 1.807) is 6.07 Å². The molecule has 0 radical (unpaired) electrons. The van der Waals surface area contributed by atoms with Crippen LogP contribution in [0, 0.1) is 5.82 Å². The summed E-state index contributed by atoms with van der Waals surface area (Å²) in [6.45, 7) is 2.20. The van der Waals surface area contributed by atoms with Gasteiger partial charge in [0.2, 0.25) is 0 Å². The van der Waals surface area contributed by atoms with E-state index < -0.39 is 5.82 Å². The number of carbonyl (C=O) groups excluding carboxylic acids is 1. The van der Waals surface area contributed by atoms with Gasteiger partial charge in [-0.15, -0.1) is 0 Å². The Labute approximate surface area is 75.8 Å². The van der Waals surface area contributed by atoms with E-state index in [4.69, 9.17) is 0 Å². The molecule has 0 spiro atoms. The Bertz CT molecular complexity index is 373. The van der Waals surface area contributed by atoms with Gasteiger partial charge in [-0.05, 0) is 31.0 Å². The maximum Gasteiger partial charge on any atom is 0.162 e. The fourth-order valence-corrected chi connectivity index (χ4v) is 1.59. The Morgan fingerprint density at radius 3 is 3.00 bits per heavy atom. The monoisotopic (exact) mass is 179 g/mol. The number of hydrogen-bond acceptors (Lipinski definition) is 2. The SMILES string of the molecule is CC(=O)c1cc2c(cc1F)CCN2. The smallest absolute Gasteiger partial charge is 0.162 e. The molecule has 13 heavy (non-hydrogen) atoms. The van der Waals surface area contributed by atoms with Gasteiger partial charge in [-0.2, -0.15) is 0 Å². The summed E-state index contributed by atoms with van der Waals surface area (Å²) in [7, 11) is 0. The Hall–Kier alpha value is -1.38. The van der Waals surface area contributed by atoms with Crippen LogP contribution in [0.5, 0.6) is 0 Å². The lowest BCUT2D eigenvalue weighted by Gasteiger charge is -2.03. The lowest BCUT2D eigenvalue weighted by molar-refractivity contribution is 0.101. The molecule has 2 nitrogen and oxygen atoms in total. The highest BCUT2D eigenvalue weighted by Crippen LogP contribution is 2.25. The fraction of sp³-hybridized carbons (Fsp3) is 0.300. The first-order valence-electron chi connectivity index (χ1n) is 4.25. The molecule has 0 bridgehead atoms. The highest BCUT2D eigenvalue weighted by Gasteiger charge is 2.15. The molecular weight excluding hydrogens is 169 g/mol. The molecule has 1 heterocycles. The number of hydrogen-bond donors (Lipinski definition) is 1. The van der Waals surface area contributed by atoms with Gasteiger partial charge in [0.15, 0.2) is 5.78 Å². The van der Waals surface area contributed by atoms with Crippen molar-refractivity contribution < 1.29 is 9.18 Å². The normalized spacial score (nSPS) is 13.7. The van der Waals surface area contributed by atoms with Crippen molar-refractivity contribution in [1.82, 2.24) is 0 Å². The van der Waals surface area contributed by atoms with Gasteiger partial charge in [-0.3, -0.25) is 4.79 Å². The number of Topliss-reactive ketones (excluding diaryl/α,β-unsaturated/α-hetero) is 1. The molecule has 1 N–H and O–H groups in total. The van der Waals surface area contributed by atoms with Crippen LogP contribution in [0.2, 0.25) is 0 Å². The zero-order chi connectivity index (χ0) is 9.42. The predicted molar refractivity (Wildman–Crippen MR) is 48.6 cm³/mol. The molecule has 0 aliphatic carbocycles. The summed E-state index contributed by atoms with van der Waals surface area (Å²) < 4.78 is 13.2. The number of nitrogens with one attached hydrogen (secondary N) is 1. The molecule has 0 saturated carbocycles. The van der Waals surface area contributed by atoms with E-state index in [1.807, 2.05) is 0 Å². The van der Waals surface area contributed by atoms with E-state index in [-0.39, 0.29) is 11.3 Å². The third-order valence-electron chi connectivity index (χ3n) is 2.28. The molecule has 0 saturated heterocycles. The van der Waals surface area contributed by atoms with Crippen molar-refractivity contribution in [2.75, 3.05) is 11.9 Å². The predicted octanol–water partition coefficient (Wildman–Crippen LogP) is 2.00. The zero-order valence-electron chi connectivity index (χ0n) is 7.36. The highest BCUT2D eigenvalue weighted by atomic mass is 19.1. The van der Waals surface area contributed by atoms with Crippen LogP contribution >= 0.6 is 0 Å². The van der Waals surface area contributed by atoms with Crippen LogP contribution < -0.4 is 5.32 Å². The fourth-order valence-electron chi connectivity index (χ4n) is 1.59. The van der Waals surface area contributed by atoms with Crippen molar-refractivity contribution >= 4 is 11.5 Å². The van der Waals surface area contributed by atoms with Crippen molar-refractivity contribution in [3.63, 3.8) is 0 Å². The van der Waals surface area contributed by atoms with Crippen LogP contribution in [-0.4, -0.2) is 12.3 Å². The Morgan fingerprint density at radius 2 is 2.31 bits per heavy atom. The van der Waals surface area contributed by atoms with Gasteiger partial charge in [0.05, 0.1) is 5.56 Å². The Balaban J connectivity index is 2.55. The van der Waals surface area contributed by atoms with Crippen molar-refractivity contribution in [3.8, 4) is 0 Å². The molecule has 1 aliphatic rings. The second-order valence-corrected chi connectivity index (χ2v) is 3.22. The van der Waals surface area contributed by atoms with Gasteiger partial charge in [0.1, 0.15) is 5.82 Å². The molecule has 1 aromatic rings. The van der Waals surface area contributed by atoms with Crippen LogP contribution in [-0.2, 0) is 6.42 Å². The van der Waals surface area contributed by atoms with Gasteiger partial charge < -0.3 is 5.32 Å². The molecular formula is C10H10FNO. The molecule has 68 valence electrons. The maximum atomic E-state index is 13.2. The van der Waals surface area contributed by atoms with Gasteiger partial charge >= 0.3 is 0 Å². The molecule has 0 atom stereocenters.